The van der Waals surface area contributed by atoms with Gasteiger partial charge in [0.15, 0.2) is 5.76 Å². The van der Waals surface area contributed by atoms with Crippen molar-refractivity contribution in [3.63, 3.8) is 0 Å². The van der Waals surface area contributed by atoms with Gasteiger partial charge in [-0.1, -0.05) is 0 Å². The van der Waals surface area contributed by atoms with Gasteiger partial charge in [-0.2, -0.15) is 0 Å². The number of benzene rings is 1. The standard InChI is InChI=1S/C18H24N2O4/c1-12(20-6-8-23-9-7-20)11-19-18(21)17-13(2)15-10-14(22-3)4-5-16(15)24-17/h4-5,10,12H,6-9,11H2,1-3H3,(H,19,21). The minimum absolute atomic E-state index is 0.178. The van der Waals surface area contributed by atoms with E-state index in [9.17, 15) is 4.79 Å². The van der Waals surface area contributed by atoms with Crippen molar-refractivity contribution in [2.75, 3.05) is 40.0 Å². The van der Waals surface area contributed by atoms with Crippen LogP contribution < -0.4 is 10.1 Å². The van der Waals surface area contributed by atoms with Gasteiger partial charge in [0, 0.05) is 36.6 Å². The van der Waals surface area contributed by atoms with Crippen molar-refractivity contribution in [3.05, 3.63) is 29.5 Å². The van der Waals surface area contributed by atoms with E-state index in [1.54, 1.807) is 7.11 Å². The van der Waals surface area contributed by atoms with Crippen LogP contribution >= 0.6 is 0 Å². The molecule has 1 atom stereocenters. The van der Waals surface area contributed by atoms with Crippen LogP contribution in [0.5, 0.6) is 5.75 Å². The molecule has 1 aliphatic heterocycles. The number of ether oxygens (including phenoxy) is 2. The summed E-state index contributed by atoms with van der Waals surface area (Å²) in [4.78, 5) is 14.8. The Balaban J connectivity index is 1.68. The topological polar surface area (TPSA) is 63.9 Å². The second-order valence-electron chi connectivity index (χ2n) is 6.13. The fourth-order valence-corrected chi connectivity index (χ4v) is 3.01. The van der Waals surface area contributed by atoms with Crippen molar-refractivity contribution >= 4 is 16.9 Å². The molecule has 24 heavy (non-hydrogen) atoms. The zero-order chi connectivity index (χ0) is 17.1. The maximum absolute atomic E-state index is 12.5. The lowest BCUT2D eigenvalue weighted by molar-refractivity contribution is 0.0203. The number of hydrogen-bond donors (Lipinski definition) is 1. The van der Waals surface area contributed by atoms with Crippen molar-refractivity contribution in [2.45, 2.75) is 19.9 Å². The normalized spacial score (nSPS) is 17.0. The lowest BCUT2D eigenvalue weighted by atomic mass is 10.1. The lowest BCUT2D eigenvalue weighted by Crippen LogP contribution is -2.47. The Kier molecular flexibility index (Phi) is 5.06. The van der Waals surface area contributed by atoms with E-state index in [0.29, 0.717) is 17.9 Å². The number of methoxy groups -OCH3 is 1. The first-order valence-electron chi connectivity index (χ1n) is 8.27. The molecule has 1 N–H and O–H groups in total. The summed E-state index contributed by atoms with van der Waals surface area (Å²) in [5.74, 6) is 0.939. The van der Waals surface area contributed by atoms with Gasteiger partial charge in [-0.3, -0.25) is 9.69 Å². The summed E-state index contributed by atoms with van der Waals surface area (Å²) < 4.78 is 16.3. The summed E-state index contributed by atoms with van der Waals surface area (Å²) in [7, 11) is 1.62. The summed E-state index contributed by atoms with van der Waals surface area (Å²) in [5.41, 5.74) is 1.53. The van der Waals surface area contributed by atoms with Crippen LogP contribution in [0.1, 0.15) is 23.0 Å². The van der Waals surface area contributed by atoms with Crippen LogP contribution in [0.15, 0.2) is 22.6 Å². The van der Waals surface area contributed by atoms with Gasteiger partial charge >= 0.3 is 0 Å². The molecular weight excluding hydrogens is 308 g/mol. The number of aryl methyl sites for hydroxylation is 1. The van der Waals surface area contributed by atoms with Gasteiger partial charge < -0.3 is 19.2 Å². The fraction of sp³-hybridized carbons (Fsp3) is 0.500. The molecule has 0 bridgehead atoms. The summed E-state index contributed by atoms with van der Waals surface area (Å²) in [6.45, 7) is 7.90. The molecule has 1 unspecified atom stereocenters. The number of nitrogens with one attached hydrogen (secondary N) is 1. The maximum Gasteiger partial charge on any atom is 0.287 e. The smallest absolute Gasteiger partial charge is 0.287 e. The second-order valence-corrected chi connectivity index (χ2v) is 6.13. The zero-order valence-corrected chi connectivity index (χ0v) is 14.4. The Hall–Kier alpha value is -2.05. The molecule has 0 saturated carbocycles. The molecule has 6 heteroatoms. The Labute approximate surface area is 141 Å². The van der Waals surface area contributed by atoms with Crippen molar-refractivity contribution in [3.8, 4) is 5.75 Å². The van der Waals surface area contributed by atoms with Gasteiger partial charge in [0.1, 0.15) is 11.3 Å². The number of furan rings is 1. The average Bonchev–Trinajstić information content (AvgIpc) is 2.96. The number of fused-ring (bicyclic) bond motifs is 1. The minimum atomic E-state index is -0.178. The van der Waals surface area contributed by atoms with Crippen LogP contribution in [0.2, 0.25) is 0 Å². The van der Waals surface area contributed by atoms with Gasteiger partial charge in [0.25, 0.3) is 5.91 Å². The molecule has 2 heterocycles. The predicted octanol–water partition coefficient (Wildman–Crippen LogP) is 2.20. The number of carbonyl (C=O) groups excluding carboxylic acids is 1. The highest BCUT2D eigenvalue weighted by atomic mass is 16.5. The first kappa shape index (κ1) is 16.8. The first-order valence-corrected chi connectivity index (χ1v) is 8.27. The molecule has 1 saturated heterocycles. The molecular formula is C18H24N2O4. The maximum atomic E-state index is 12.5. The van der Waals surface area contributed by atoms with E-state index in [4.69, 9.17) is 13.9 Å². The minimum Gasteiger partial charge on any atom is -0.497 e. The molecule has 0 spiro atoms. The highest BCUT2D eigenvalue weighted by Gasteiger charge is 2.21. The summed E-state index contributed by atoms with van der Waals surface area (Å²) >= 11 is 0. The Morgan fingerprint density at radius 3 is 2.83 bits per heavy atom. The van der Waals surface area contributed by atoms with Crippen LogP contribution in [-0.2, 0) is 4.74 Å². The molecule has 1 amide bonds. The molecule has 0 radical (unpaired) electrons. The largest absolute Gasteiger partial charge is 0.497 e. The summed E-state index contributed by atoms with van der Waals surface area (Å²) in [6.07, 6.45) is 0. The molecule has 0 aliphatic carbocycles. The van der Waals surface area contributed by atoms with Gasteiger partial charge in [0.2, 0.25) is 0 Å². The van der Waals surface area contributed by atoms with Gasteiger partial charge in [-0.15, -0.1) is 0 Å². The highest BCUT2D eigenvalue weighted by molar-refractivity contribution is 5.99. The van der Waals surface area contributed by atoms with E-state index in [-0.39, 0.29) is 11.9 Å². The SMILES string of the molecule is COc1ccc2oc(C(=O)NCC(C)N3CCOCC3)c(C)c2c1. The molecule has 3 rings (SSSR count). The first-order chi connectivity index (χ1) is 11.6. The molecule has 1 aromatic carbocycles. The molecule has 2 aromatic rings. The van der Waals surface area contributed by atoms with E-state index in [2.05, 4.69) is 17.1 Å². The Morgan fingerprint density at radius 1 is 1.38 bits per heavy atom. The third-order valence-corrected chi connectivity index (χ3v) is 4.58. The van der Waals surface area contributed by atoms with Crippen molar-refractivity contribution in [1.82, 2.24) is 10.2 Å². The number of carbonyl (C=O) groups is 1. The van der Waals surface area contributed by atoms with E-state index in [1.165, 1.54) is 0 Å². The quantitative estimate of drug-likeness (QED) is 0.909. The van der Waals surface area contributed by atoms with Crippen LogP contribution in [0.4, 0.5) is 0 Å². The number of hydrogen-bond acceptors (Lipinski definition) is 5. The van der Waals surface area contributed by atoms with E-state index < -0.39 is 0 Å². The predicted molar refractivity (Wildman–Crippen MR) is 91.7 cm³/mol. The monoisotopic (exact) mass is 332 g/mol. The van der Waals surface area contributed by atoms with E-state index >= 15 is 0 Å². The lowest BCUT2D eigenvalue weighted by Gasteiger charge is -2.32. The fourth-order valence-electron chi connectivity index (χ4n) is 3.01. The number of morpholine rings is 1. The van der Waals surface area contributed by atoms with Gasteiger partial charge in [-0.05, 0) is 32.0 Å². The van der Waals surface area contributed by atoms with Crippen molar-refractivity contribution < 1.29 is 18.7 Å². The van der Waals surface area contributed by atoms with Crippen molar-refractivity contribution in [2.24, 2.45) is 0 Å². The van der Waals surface area contributed by atoms with Gasteiger partial charge in [0.05, 0.1) is 20.3 Å². The average molecular weight is 332 g/mol. The van der Waals surface area contributed by atoms with E-state index in [0.717, 1.165) is 43.0 Å². The van der Waals surface area contributed by atoms with Crippen LogP contribution in [0, 0.1) is 6.92 Å². The highest BCUT2D eigenvalue weighted by Crippen LogP contribution is 2.28. The third kappa shape index (κ3) is 3.39. The number of amides is 1. The Morgan fingerprint density at radius 2 is 2.12 bits per heavy atom. The van der Waals surface area contributed by atoms with Crippen LogP contribution in [0.25, 0.3) is 11.0 Å². The summed E-state index contributed by atoms with van der Waals surface area (Å²) in [6, 6.07) is 5.81. The molecule has 1 aliphatic rings. The molecule has 130 valence electrons. The molecule has 6 nitrogen and oxygen atoms in total. The zero-order valence-electron chi connectivity index (χ0n) is 14.4. The second kappa shape index (κ2) is 7.23. The summed E-state index contributed by atoms with van der Waals surface area (Å²) in [5, 5.41) is 3.88. The van der Waals surface area contributed by atoms with Crippen LogP contribution in [-0.4, -0.2) is 56.8 Å². The molecule has 1 fully saturated rings. The van der Waals surface area contributed by atoms with Crippen LogP contribution in [0.3, 0.4) is 0 Å². The van der Waals surface area contributed by atoms with E-state index in [1.807, 2.05) is 25.1 Å². The van der Waals surface area contributed by atoms with Gasteiger partial charge in [-0.25, -0.2) is 0 Å². The Bertz CT molecular complexity index is 719. The van der Waals surface area contributed by atoms with Crippen molar-refractivity contribution in [1.29, 1.82) is 0 Å². The number of nitrogens with zero attached hydrogens (tertiary/aromatic N) is 1. The number of rotatable bonds is 5. The molecule has 1 aromatic heterocycles. The third-order valence-electron chi connectivity index (χ3n) is 4.58.